The lowest BCUT2D eigenvalue weighted by atomic mass is 10.0. The number of benzene rings is 2. The molecule has 0 unspecified atom stereocenters. The summed E-state index contributed by atoms with van der Waals surface area (Å²) in [6.07, 6.45) is 0. The van der Waals surface area contributed by atoms with Crippen LogP contribution in [0.15, 0.2) is 48.5 Å². The Bertz CT molecular complexity index is 813. The summed E-state index contributed by atoms with van der Waals surface area (Å²) < 4.78 is 0.635. The molecule has 2 nitrogen and oxygen atoms in total. The van der Waals surface area contributed by atoms with E-state index in [4.69, 9.17) is 12.2 Å². The van der Waals surface area contributed by atoms with E-state index < -0.39 is 0 Å². The van der Waals surface area contributed by atoms with Crippen LogP contribution >= 0.6 is 12.2 Å². The highest BCUT2D eigenvalue weighted by molar-refractivity contribution is 7.71. The van der Waals surface area contributed by atoms with Crippen LogP contribution in [-0.4, -0.2) is 9.97 Å². The zero-order valence-electron chi connectivity index (χ0n) is 11.6. The fourth-order valence-electron chi connectivity index (χ4n) is 2.36. The third-order valence-corrected chi connectivity index (χ3v) is 3.60. The van der Waals surface area contributed by atoms with Gasteiger partial charge >= 0.3 is 0 Å². The van der Waals surface area contributed by atoms with Gasteiger partial charge in [-0.25, -0.2) is 4.98 Å². The average Bonchev–Trinajstić information content (AvgIpc) is 2.46. The van der Waals surface area contributed by atoms with Gasteiger partial charge in [-0.3, -0.25) is 0 Å². The summed E-state index contributed by atoms with van der Waals surface area (Å²) in [6, 6.07) is 16.6. The quantitative estimate of drug-likeness (QED) is 0.663. The molecule has 0 bridgehead atoms. The molecule has 0 fully saturated rings. The Hall–Kier alpha value is -2.00. The van der Waals surface area contributed by atoms with Gasteiger partial charge in [-0.2, -0.15) is 0 Å². The van der Waals surface area contributed by atoms with Crippen molar-refractivity contribution in [3.8, 4) is 11.3 Å². The van der Waals surface area contributed by atoms with Crippen LogP contribution in [0.3, 0.4) is 0 Å². The molecular weight excluding hydrogens is 264 g/mol. The lowest BCUT2D eigenvalue weighted by Gasteiger charge is -2.10. The second kappa shape index (κ2) is 5.17. The minimum Gasteiger partial charge on any atom is -0.343 e. The van der Waals surface area contributed by atoms with Gasteiger partial charge in [0.05, 0.1) is 5.69 Å². The molecule has 100 valence electrons. The van der Waals surface area contributed by atoms with Gasteiger partial charge in [-0.05, 0) is 16.8 Å². The van der Waals surface area contributed by atoms with Crippen LogP contribution in [0.5, 0.6) is 0 Å². The minimum absolute atomic E-state index is 0.326. The molecule has 2 aromatic carbocycles. The number of rotatable bonds is 2. The predicted octanol–water partition coefficient (Wildman–Crippen LogP) is 5.08. The first-order chi connectivity index (χ1) is 9.65. The van der Waals surface area contributed by atoms with Crippen LogP contribution in [0.1, 0.15) is 25.6 Å². The van der Waals surface area contributed by atoms with Gasteiger partial charge < -0.3 is 4.98 Å². The molecule has 3 rings (SSSR count). The summed E-state index contributed by atoms with van der Waals surface area (Å²) in [4.78, 5) is 7.81. The molecule has 1 N–H and O–H groups in total. The molecule has 1 heterocycles. The number of aromatic amines is 1. The molecular formula is C17H16N2S. The topological polar surface area (TPSA) is 28.7 Å². The standard InChI is InChI=1S/C17H16N2S/c1-11(2)17-18-15(10-16(20)19-17)14-9-5-7-12-6-3-4-8-13(12)14/h3-11H,1-2H3,(H,18,19,20). The molecule has 0 aliphatic rings. The fraction of sp³-hybridized carbons (Fsp3) is 0.176. The van der Waals surface area contributed by atoms with Crippen molar-refractivity contribution >= 4 is 23.0 Å². The van der Waals surface area contributed by atoms with Crippen LogP contribution < -0.4 is 0 Å². The highest BCUT2D eigenvalue weighted by Gasteiger charge is 2.07. The summed E-state index contributed by atoms with van der Waals surface area (Å²) in [6.45, 7) is 4.22. The van der Waals surface area contributed by atoms with Crippen LogP contribution in [0.4, 0.5) is 0 Å². The van der Waals surface area contributed by atoms with E-state index in [1.54, 1.807) is 0 Å². The minimum atomic E-state index is 0.326. The lowest BCUT2D eigenvalue weighted by molar-refractivity contribution is 0.773. The molecule has 0 amide bonds. The molecule has 0 saturated carbocycles. The van der Waals surface area contributed by atoms with E-state index in [-0.39, 0.29) is 0 Å². The third kappa shape index (κ3) is 2.37. The molecule has 0 saturated heterocycles. The van der Waals surface area contributed by atoms with E-state index in [0.29, 0.717) is 10.6 Å². The smallest absolute Gasteiger partial charge is 0.130 e. The zero-order chi connectivity index (χ0) is 14.1. The molecule has 20 heavy (non-hydrogen) atoms. The molecule has 3 aromatic rings. The van der Waals surface area contributed by atoms with Crippen molar-refractivity contribution in [2.75, 3.05) is 0 Å². The molecule has 0 aliphatic carbocycles. The number of hydrogen-bond acceptors (Lipinski definition) is 2. The first kappa shape index (κ1) is 13.0. The number of aromatic nitrogens is 2. The fourth-order valence-corrected chi connectivity index (χ4v) is 2.57. The van der Waals surface area contributed by atoms with Gasteiger partial charge in [0.1, 0.15) is 10.5 Å². The predicted molar refractivity (Wildman–Crippen MR) is 86.5 cm³/mol. The van der Waals surface area contributed by atoms with Gasteiger partial charge in [0, 0.05) is 11.5 Å². The first-order valence-corrected chi connectivity index (χ1v) is 7.15. The summed E-state index contributed by atoms with van der Waals surface area (Å²) in [5.74, 6) is 1.26. The van der Waals surface area contributed by atoms with Crippen LogP contribution in [-0.2, 0) is 0 Å². The Kier molecular flexibility index (Phi) is 3.36. The molecule has 1 aromatic heterocycles. The van der Waals surface area contributed by atoms with Crippen molar-refractivity contribution in [3.63, 3.8) is 0 Å². The maximum Gasteiger partial charge on any atom is 0.130 e. The second-order valence-electron chi connectivity index (χ2n) is 5.20. The van der Waals surface area contributed by atoms with Crippen LogP contribution in [0.25, 0.3) is 22.0 Å². The van der Waals surface area contributed by atoms with Gasteiger partial charge in [0.15, 0.2) is 0 Å². The Balaban J connectivity index is 2.28. The maximum atomic E-state index is 5.30. The SMILES string of the molecule is CC(C)c1nc(=S)cc(-c2cccc3ccccc23)[nH]1. The largest absolute Gasteiger partial charge is 0.343 e. The van der Waals surface area contributed by atoms with Gasteiger partial charge in [-0.1, -0.05) is 68.5 Å². The van der Waals surface area contributed by atoms with Crippen molar-refractivity contribution in [3.05, 3.63) is 59.0 Å². The molecule has 0 radical (unpaired) electrons. The Morgan fingerprint density at radius 2 is 1.80 bits per heavy atom. The molecule has 3 heteroatoms. The van der Waals surface area contributed by atoms with Crippen LogP contribution in [0, 0.1) is 4.64 Å². The van der Waals surface area contributed by atoms with Crippen molar-refractivity contribution < 1.29 is 0 Å². The summed E-state index contributed by atoms with van der Waals surface area (Å²) >= 11 is 5.30. The van der Waals surface area contributed by atoms with E-state index in [0.717, 1.165) is 11.5 Å². The highest BCUT2D eigenvalue weighted by Crippen LogP contribution is 2.27. The lowest BCUT2D eigenvalue weighted by Crippen LogP contribution is -1.99. The number of nitrogens with one attached hydrogen (secondary N) is 1. The summed E-state index contributed by atoms with van der Waals surface area (Å²) in [5.41, 5.74) is 2.20. The average molecular weight is 280 g/mol. The number of fused-ring (bicyclic) bond motifs is 1. The van der Waals surface area contributed by atoms with Crippen molar-refractivity contribution in [1.29, 1.82) is 0 Å². The number of nitrogens with zero attached hydrogens (tertiary/aromatic N) is 1. The maximum absolute atomic E-state index is 5.30. The molecule has 0 aliphatic heterocycles. The monoisotopic (exact) mass is 280 g/mol. The molecule has 0 atom stereocenters. The van der Waals surface area contributed by atoms with Gasteiger partial charge in [0.25, 0.3) is 0 Å². The third-order valence-electron chi connectivity index (χ3n) is 3.39. The highest BCUT2D eigenvalue weighted by atomic mass is 32.1. The molecule has 0 spiro atoms. The van der Waals surface area contributed by atoms with E-state index >= 15 is 0 Å². The number of hydrogen-bond donors (Lipinski definition) is 1. The number of H-pyrrole nitrogens is 1. The van der Waals surface area contributed by atoms with Gasteiger partial charge in [-0.15, -0.1) is 0 Å². The zero-order valence-corrected chi connectivity index (χ0v) is 12.4. The van der Waals surface area contributed by atoms with E-state index in [1.165, 1.54) is 16.3 Å². The summed E-state index contributed by atoms with van der Waals surface area (Å²) in [5, 5.41) is 2.45. The van der Waals surface area contributed by atoms with E-state index in [9.17, 15) is 0 Å². The van der Waals surface area contributed by atoms with Crippen LogP contribution in [0.2, 0.25) is 0 Å². The summed E-state index contributed by atoms with van der Waals surface area (Å²) in [7, 11) is 0. The van der Waals surface area contributed by atoms with Crippen molar-refractivity contribution in [2.24, 2.45) is 0 Å². The van der Waals surface area contributed by atoms with E-state index in [2.05, 4.69) is 66.3 Å². The first-order valence-electron chi connectivity index (χ1n) is 6.74. The van der Waals surface area contributed by atoms with Crippen molar-refractivity contribution in [1.82, 2.24) is 9.97 Å². The van der Waals surface area contributed by atoms with Gasteiger partial charge in [0.2, 0.25) is 0 Å². The Labute approximate surface area is 123 Å². The van der Waals surface area contributed by atoms with Crippen molar-refractivity contribution in [2.45, 2.75) is 19.8 Å². The Morgan fingerprint density at radius 1 is 1.05 bits per heavy atom. The van der Waals surface area contributed by atoms with E-state index in [1.807, 2.05) is 6.07 Å². The Morgan fingerprint density at radius 3 is 2.60 bits per heavy atom. The second-order valence-corrected chi connectivity index (χ2v) is 5.62. The normalized spacial score (nSPS) is 11.2.